The summed E-state index contributed by atoms with van der Waals surface area (Å²) in [6, 6.07) is 16.9. The van der Waals surface area contributed by atoms with Crippen LogP contribution in [0.5, 0.6) is 11.5 Å². The zero-order valence-corrected chi connectivity index (χ0v) is 21.3. The van der Waals surface area contributed by atoms with Crippen LogP contribution in [-0.4, -0.2) is 32.2 Å². The van der Waals surface area contributed by atoms with Crippen molar-refractivity contribution in [2.45, 2.75) is 27.2 Å². The zero-order valence-electron chi connectivity index (χ0n) is 20.5. The number of methoxy groups -OCH3 is 1. The van der Waals surface area contributed by atoms with Crippen LogP contribution in [0.2, 0.25) is 0 Å². The summed E-state index contributed by atoms with van der Waals surface area (Å²) in [6.07, 6.45) is 4.06. The molecule has 6 nitrogen and oxygen atoms in total. The lowest BCUT2D eigenvalue weighted by molar-refractivity contribution is -0.111. The number of rotatable bonds is 11. The van der Waals surface area contributed by atoms with E-state index in [1.54, 1.807) is 26.2 Å². The quantitative estimate of drug-likeness (QED) is 0.238. The van der Waals surface area contributed by atoms with E-state index in [0.29, 0.717) is 34.6 Å². The number of carbonyl (C=O) groups is 2. The van der Waals surface area contributed by atoms with E-state index in [2.05, 4.69) is 19.2 Å². The molecular weight excluding hydrogens is 462 g/mol. The van der Waals surface area contributed by atoms with Crippen LogP contribution in [0, 0.1) is 5.92 Å². The fourth-order valence-electron chi connectivity index (χ4n) is 3.23. The minimum Gasteiger partial charge on any atom is -0.493 e. The summed E-state index contributed by atoms with van der Waals surface area (Å²) < 4.78 is 16.4. The van der Waals surface area contributed by atoms with Crippen molar-refractivity contribution < 1.29 is 23.8 Å². The van der Waals surface area contributed by atoms with Gasteiger partial charge in [0.2, 0.25) is 5.91 Å². The lowest BCUT2D eigenvalue weighted by Crippen LogP contribution is -2.11. The zero-order chi connectivity index (χ0) is 25.2. The van der Waals surface area contributed by atoms with Crippen molar-refractivity contribution in [3.05, 3.63) is 71.8 Å². The standard InChI is InChI=1S/C28H31NO5S/c1-5-33-28(31)22-18-25(21-9-7-6-8-10-21)35-27(22)29-26(30)14-12-20-11-13-23(24(17-20)32-4)34-16-15-19(2)3/h6-14,17-19H,5,15-16H2,1-4H3,(H,29,30)/b14-12+. The molecular formula is C28H31NO5S. The Morgan fingerprint density at radius 3 is 2.51 bits per heavy atom. The molecule has 184 valence electrons. The molecule has 35 heavy (non-hydrogen) atoms. The van der Waals surface area contributed by atoms with Crippen LogP contribution >= 0.6 is 11.3 Å². The maximum absolute atomic E-state index is 12.7. The van der Waals surface area contributed by atoms with Crippen molar-refractivity contribution in [2.24, 2.45) is 5.92 Å². The Hall–Kier alpha value is -3.58. The SMILES string of the molecule is CCOC(=O)c1cc(-c2ccccc2)sc1NC(=O)/C=C/c1ccc(OCCC(C)C)c(OC)c1. The first kappa shape index (κ1) is 26.0. The maximum atomic E-state index is 12.7. The third kappa shape index (κ3) is 7.45. The first-order chi connectivity index (χ1) is 16.9. The van der Waals surface area contributed by atoms with E-state index in [4.69, 9.17) is 14.2 Å². The van der Waals surface area contributed by atoms with Crippen molar-refractivity contribution in [3.8, 4) is 21.9 Å². The Balaban J connectivity index is 1.74. The fraction of sp³-hybridized carbons (Fsp3) is 0.286. The van der Waals surface area contributed by atoms with Crippen LogP contribution in [0.4, 0.5) is 5.00 Å². The molecule has 0 saturated carbocycles. The average molecular weight is 494 g/mol. The van der Waals surface area contributed by atoms with Crippen LogP contribution in [0.3, 0.4) is 0 Å². The highest BCUT2D eigenvalue weighted by Crippen LogP contribution is 2.36. The highest BCUT2D eigenvalue weighted by molar-refractivity contribution is 7.20. The minimum atomic E-state index is -0.469. The first-order valence-corrected chi connectivity index (χ1v) is 12.4. The molecule has 7 heteroatoms. The molecule has 1 heterocycles. The van der Waals surface area contributed by atoms with E-state index in [-0.39, 0.29) is 12.5 Å². The molecule has 0 aliphatic rings. The van der Waals surface area contributed by atoms with Gasteiger partial charge in [0.25, 0.3) is 0 Å². The second-order valence-electron chi connectivity index (χ2n) is 8.20. The monoisotopic (exact) mass is 493 g/mol. The second kappa shape index (κ2) is 12.8. The smallest absolute Gasteiger partial charge is 0.341 e. The molecule has 3 rings (SSSR count). The molecule has 0 fully saturated rings. The molecule has 2 aromatic carbocycles. The molecule has 0 aliphatic carbocycles. The molecule has 0 atom stereocenters. The summed E-state index contributed by atoms with van der Waals surface area (Å²) in [6.45, 7) is 6.90. The van der Waals surface area contributed by atoms with Crippen LogP contribution in [0.25, 0.3) is 16.5 Å². The van der Waals surface area contributed by atoms with Gasteiger partial charge in [0.1, 0.15) is 5.00 Å². The van der Waals surface area contributed by atoms with Crippen molar-refractivity contribution >= 4 is 34.3 Å². The molecule has 1 N–H and O–H groups in total. The third-order valence-corrected chi connectivity index (χ3v) is 6.19. The van der Waals surface area contributed by atoms with Crippen molar-refractivity contribution in [3.63, 3.8) is 0 Å². The molecule has 3 aromatic rings. The number of anilines is 1. The lowest BCUT2D eigenvalue weighted by Gasteiger charge is -2.12. The van der Waals surface area contributed by atoms with Gasteiger partial charge >= 0.3 is 5.97 Å². The number of ether oxygens (including phenoxy) is 3. The highest BCUT2D eigenvalue weighted by Gasteiger charge is 2.19. The number of carbonyl (C=O) groups excluding carboxylic acids is 2. The molecule has 0 radical (unpaired) electrons. The van der Waals surface area contributed by atoms with E-state index >= 15 is 0 Å². The summed E-state index contributed by atoms with van der Waals surface area (Å²) in [5.41, 5.74) is 2.08. The molecule has 0 bridgehead atoms. The molecule has 0 spiro atoms. The number of amides is 1. The number of thiophene rings is 1. The summed E-state index contributed by atoms with van der Waals surface area (Å²) in [4.78, 5) is 26.0. The number of esters is 1. The van der Waals surface area contributed by atoms with Gasteiger partial charge in [-0.3, -0.25) is 4.79 Å². The van der Waals surface area contributed by atoms with Crippen molar-refractivity contribution in [2.75, 3.05) is 25.6 Å². The molecule has 1 aromatic heterocycles. The second-order valence-corrected chi connectivity index (χ2v) is 9.26. The molecule has 1 amide bonds. The van der Waals surface area contributed by atoms with Crippen LogP contribution in [-0.2, 0) is 9.53 Å². The van der Waals surface area contributed by atoms with Gasteiger partial charge in [0.05, 0.1) is 25.9 Å². The van der Waals surface area contributed by atoms with Crippen molar-refractivity contribution in [1.82, 2.24) is 0 Å². The Morgan fingerprint density at radius 2 is 1.83 bits per heavy atom. The van der Waals surface area contributed by atoms with Crippen LogP contribution in [0.1, 0.15) is 43.1 Å². The number of hydrogen-bond acceptors (Lipinski definition) is 6. The maximum Gasteiger partial charge on any atom is 0.341 e. The van der Waals surface area contributed by atoms with E-state index in [1.807, 2.05) is 48.5 Å². The third-order valence-electron chi connectivity index (χ3n) is 5.09. The molecule has 0 aliphatic heterocycles. The van der Waals surface area contributed by atoms with Gasteiger partial charge in [-0.2, -0.15) is 0 Å². The van der Waals surface area contributed by atoms with E-state index in [0.717, 1.165) is 22.4 Å². The minimum absolute atomic E-state index is 0.252. The summed E-state index contributed by atoms with van der Waals surface area (Å²) in [5, 5.41) is 3.27. The normalized spacial score (nSPS) is 11.0. The summed E-state index contributed by atoms with van der Waals surface area (Å²) in [7, 11) is 1.59. The van der Waals surface area contributed by atoms with Gasteiger partial charge in [-0.05, 0) is 54.7 Å². The Bertz CT molecular complexity index is 1170. The van der Waals surface area contributed by atoms with Gasteiger partial charge < -0.3 is 19.5 Å². The predicted octanol–water partition coefficient (Wildman–Crippen LogP) is 6.68. The van der Waals surface area contributed by atoms with Gasteiger partial charge in [0.15, 0.2) is 11.5 Å². The van der Waals surface area contributed by atoms with E-state index in [1.165, 1.54) is 17.4 Å². The van der Waals surface area contributed by atoms with Crippen molar-refractivity contribution in [1.29, 1.82) is 0 Å². The van der Waals surface area contributed by atoms with Gasteiger partial charge in [-0.15, -0.1) is 11.3 Å². The molecule has 0 saturated heterocycles. The number of nitrogens with one attached hydrogen (secondary N) is 1. The number of benzene rings is 2. The number of hydrogen-bond donors (Lipinski definition) is 1. The predicted molar refractivity (Wildman–Crippen MR) is 141 cm³/mol. The Labute approximate surface area is 210 Å². The van der Waals surface area contributed by atoms with E-state index < -0.39 is 5.97 Å². The van der Waals surface area contributed by atoms with Crippen LogP contribution < -0.4 is 14.8 Å². The largest absolute Gasteiger partial charge is 0.493 e. The highest BCUT2D eigenvalue weighted by atomic mass is 32.1. The average Bonchev–Trinajstić information content (AvgIpc) is 3.27. The van der Waals surface area contributed by atoms with E-state index in [9.17, 15) is 9.59 Å². The Morgan fingerprint density at radius 1 is 1.06 bits per heavy atom. The lowest BCUT2D eigenvalue weighted by atomic mass is 10.1. The van der Waals surface area contributed by atoms with Crippen LogP contribution in [0.15, 0.2) is 60.7 Å². The first-order valence-electron chi connectivity index (χ1n) is 11.6. The summed E-state index contributed by atoms with van der Waals surface area (Å²) in [5.74, 6) is 1.00. The van der Waals surface area contributed by atoms with Gasteiger partial charge in [-0.25, -0.2) is 4.79 Å². The fourth-order valence-corrected chi connectivity index (χ4v) is 4.28. The molecule has 0 unspecified atom stereocenters. The van der Waals surface area contributed by atoms with Gasteiger partial charge in [-0.1, -0.05) is 50.2 Å². The summed E-state index contributed by atoms with van der Waals surface area (Å²) >= 11 is 1.33. The topological polar surface area (TPSA) is 73.9 Å². The Kier molecular flexibility index (Phi) is 9.49. The van der Waals surface area contributed by atoms with Gasteiger partial charge in [0, 0.05) is 11.0 Å².